The number of nitrogens with zero attached hydrogens (tertiary/aromatic N) is 4. The summed E-state index contributed by atoms with van der Waals surface area (Å²) in [6.45, 7) is 4.72. The van der Waals surface area contributed by atoms with E-state index in [1.807, 2.05) is 47.9 Å². The second-order valence-electron chi connectivity index (χ2n) is 7.15. The van der Waals surface area contributed by atoms with E-state index in [1.165, 1.54) is 30.2 Å². The predicted molar refractivity (Wildman–Crippen MR) is 118 cm³/mol. The van der Waals surface area contributed by atoms with Crippen molar-refractivity contribution in [2.75, 3.05) is 29.1 Å². The number of anilines is 2. The molecule has 29 heavy (non-hydrogen) atoms. The molecule has 0 unspecified atom stereocenters. The molecule has 0 atom stereocenters. The molecule has 1 aliphatic rings. The van der Waals surface area contributed by atoms with Crippen LogP contribution in [0.15, 0.2) is 59.8 Å². The van der Waals surface area contributed by atoms with Crippen molar-refractivity contribution >= 4 is 29.0 Å². The molecular formula is C22H25N5OS. The molecule has 1 amide bonds. The zero-order valence-electron chi connectivity index (χ0n) is 16.5. The van der Waals surface area contributed by atoms with E-state index in [4.69, 9.17) is 0 Å². The molecule has 3 aromatic rings. The van der Waals surface area contributed by atoms with E-state index in [0.29, 0.717) is 12.3 Å². The Kier molecular flexibility index (Phi) is 6.14. The summed E-state index contributed by atoms with van der Waals surface area (Å²) < 4.78 is 2.05. The smallest absolute Gasteiger partial charge is 0.234 e. The molecular weight excluding hydrogens is 382 g/mol. The Morgan fingerprint density at radius 2 is 1.76 bits per heavy atom. The lowest BCUT2D eigenvalue weighted by atomic mass is 10.2. The lowest BCUT2D eigenvalue weighted by Crippen LogP contribution is -2.21. The number of amides is 1. The van der Waals surface area contributed by atoms with Gasteiger partial charge in [0.15, 0.2) is 5.16 Å². The zero-order chi connectivity index (χ0) is 20.1. The number of carbonyl (C=O) groups excluding carboxylic acids is 1. The molecule has 4 rings (SSSR count). The summed E-state index contributed by atoms with van der Waals surface area (Å²) in [7, 11) is 0. The van der Waals surface area contributed by atoms with Gasteiger partial charge in [0.25, 0.3) is 0 Å². The van der Waals surface area contributed by atoms with E-state index in [1.54, 1.807) is 0 Å². The quantitative estimate of drug-likeness (QED) is 0.601. The maximum absolute atomic E-state index is 12.6. The summed E-state index contributed by atoms with van der Waals surface area (Å²) in [5.41, 5.74) is 3.16. The number of benzene rings is 2. The molecule has 0 radical (unpaired) electrons. The highest BCUT2D eigenvalue weighted by Crippen LogP contribution is 2.29. The maximum Gasteiger partial charge on any atom is 0.234 e. The van der Waals surface area contributed by atoms with Crippen molar-refractivity contribution in [3.8, 4) is 0 Å². The van der Waals surface area contributed by atoms with Gasteiger partial charge in [0.2, 0.25) is 5.91 Å². The fourth-order valence-corrected chi connectivity index (χ4v) is 4.33. The Bertz CT molecular complexity index is 966. The number of aromatic nitrogens is 3. The first kappa shape index (κ1) is 19.5. The highest BCUT2D eigenvalue weighted by molar-refractivity contribution is 7.99. The van der Waals surface area contributed by atoms with Crippen LogP contribution >= 0.6 is 11.8 Å². The Hall–Kier alpha value is -2.80. The molecule has 150 valence electrons. The third-order valence-corrected chi connectivity index (χ3v) is 6.01. The summed E-state index contributed by atoms with van der Waals surface area (Å²) in [6, 6.07) is 18.2. The maximum atomic E-state index is 12.6. The average molecular weight is 408 g/mol. The molecule has 0 bridgehead atoms. The first-order chi connectivity index (χ1) is 14.2. The van der Waals surface area contributed by atoms with Crippen LogP contribution < -0.4 is 10.2 Å². The van der Waals surface area contributed by atoms with Crippen LogP contribution in [0.3, 0.4) is 0 Å². The molecule has 0 spiro atoms. The number of thioether (sulfide) groups is 1. The first-order valence-corrected chi connectivity index (χ1v) is 10.9. The van der Waals surface area contributed by atoms with Gasteiger partial charge in [-0.3, -0.25) is 4.79 Å². The molecule has 0 aliphatic carbocycles. The van der Waals surface area contributed by atoms with Crippen molar-refractivity contribution in [2.45, 2.75) is 31.5 Å². The van der Waals surface area contributed by atoms with Gasteiger partial charge in [0.05, 0.1) is 23.7 Å². The molecule has 1 aliphatic heterocycles. The lowest BCUT2D eigenvalue weighted by Gasteiger charge is -2.21. The van der Waals surface area contributed by atoms with Crippen LogP contribution in [0.5, 0.6) is 0 Å². The van der Waals surface area contributed by atoms with Gasteiger partial charge in [-0.05, 0) is 37.5 Å². The normalized spacial score (nSPS) is 13.6. The number of hydrogen-bond donors (Lipinski definition) is 1. The molecule has 1 saturated heterocycles. The van der Waals surface area contributed by atoms with Crippen LogP contribution in [0.25, 0.3) is 0 Å². The Morgan fingerprint density at radius 1 is 1.03 bits per heavy atom. The molecule has 0 saturated carbocycles. The molecule has 1 fully saturated rings. The van der Waals surface area contributed by atoms with E-state index < -0.39 is 0 Å². The average Bonchev–Trinajstić information content (AvgIpc) is 3.39. The Balaban J connectivity index is 1.40. The van der Waals surface area contributed by atoms with E-state index in [9.17, 15) is 4.79 Å². The van der Waals surface area contributed by atoms with Crippen molar-refractivity contribution < 1.29 is 4.79 Å². The predicted octanol–water partition coefficient (Wildman–Crippen LogP) is 3.97. The van der Waals surface area contributed by atoms with Gasteiger partial charge >= 0.3 is 0 Å². The fourth-order valence-electron chi connectivity index (χ4n) is 3.55. The third kappa shape index (κ3) is 4.79. The highest BCUT2D eigenvalue weighted by atomic mass is 32.2. The van der Waals surface area contributed by atoms with Crippen LogP contribution in [0.4, 0.5) is 11.4 Å². The van der Waals surface area contributed by atoms with E-state index in [0.717, 1.165) is 35.4 Å². The number of para-hydroxylation sites is 2. The summed E-state index contributed by atoms with van der Waals surface area (Å²) in [5, 5.41) is 12.3. The van der Waals surface area contributed by atoms with E-state index in [-0.39, 0.29) is 5.91 Å². The number of aryl methyl sites for hydroxylation is 1. The summed E-state index contributed by atoms with van der Waals surface area (Å²) >= 11 is 1.42. The van der Waals surface area contributed by atoms with Gasteiger partial charge in [0, 0.05) is 13.1 Å². The standard InChI is InChI=1S/C22H25N5OS/c1-17-24-25-22(27(17)15-18-9-3-2-4-10-18)29-16-21(28)23-19-11-5-6-12-20(19)26-13-7-8-14-26/h2-6,9-12H,7-8,13-16H2,1H3,(H,23,28). The third-order valence-electron chi connectivity index (χ3n) is 5.04. The number of hydrogen-bond acceptors (Lipinski definition) is 5. The van der Waals surface area contributed by atoms with Crippen molar-refractivity contribution in [1.82, 2.24) is 14.8 Å². The van der Waals surface area contributed by atoms with Gasteiger partial charge in [0.1, 0.15) is 5.82 Å². The van der Waals surface area contributed by atoms with Crippen molar-refractivity contribution in [1.29, 1.82) is 0 Å². The summed E-state index contributed by atoms with van der Waals surface area (Å²) in [4.78, 5) is 15.0. The number of rotatable bonds is 7. The molecule has 1 aromatic heterocycles. The SMILES string of the molecule is Cc1nnc(SCC(=O)Nc2ccccc2N2CCCC2)n1Cc1ccccc1. The van der Waals surface area contributed by atoms with Gasteiger partial charge in [-0.25, -0.2) is 0 Å². The monoisotopic (exact) mass is 407 g/mol. The van der Waals surface area contributed by atoms with Crippen LogP contribution in [0.2, 0.25) is 0 Å². The lowest BCUT2D eigenvalue weighted by molar-refractivity contribution is -0.113. The number of carbonyl (C=O) groups is 1. The Morgan fingerprint density at radius 3 is 2.55 bits per heavy atom. The minimum atomic E-state index is -0.0337. The van der Waals surface area contributed by atoms with Crippen LogP contribution in [-0.4, -0.2) is 39.5 Å². The van der Waals surface area contributed by atoms with Gasteiger partial charge in [-0.2, -0.15) is 0 Å². The van der Waals surface area contributed by atoms with E-state index in [2.05, 4.69) is 38.6 Å². The molecule has 2 heterocycles. The Labute approximate surface area is 175 Å². The van der Waals surface area contributed by atoms with Crippen LogP contribution in [-0.2, 0) is 11.3 Å². The van der Waals surface area contributed by atoms with Crippen molar-refractivity contribution in [2.24, 2.45) is 0 Å². The molecule has 7 heteroatoms. The van der Waals surface area contributed by atoms with Crippen LogP contribution in [0, 0.1) is 6.92 Å². The van der Waals surface area contributed by atoms with Crippen molar-refractivity contribution in [3.05, 3.63) is 66.0 Å². The second kappa shape index (κ2) is 9.13. The van der Waals surface area contributed by atoms with Gasteiger partial charge in [-0.1, -0.05) is 54.2 Å². The largest absolute Gasteiger partial charge is 0.370 e. The zero-order valence-corrected chi connectivity index (χ0v) is 17.4. The topological polar surface area (TPSA) is 63.1 Å². The summed E-state index contributed by atoms with van der Waals surface area (Å²) in [5.74, 6) is 1.10. The second-order valence-corrected chi connectivity index (χ2v) is 8.09. The van der Waals surface area contributed by atoms with Gasteiger partial charge < -0.3 is 14.8 Å². The van der Waals surface area contributed by atoms with E-state index >= 15 is 0 Å². The van der Waals surface area contributed by atoms with Crippen molar-refractivity contribution in [3.63, 3.8) is 0 Å². The molecule has 2 aromatic carbocycles. The summed E-state index contributed by atoms with van der Waals surface area (Å²) in [6.07, 6.45) is 2.41. The molecule has 6 nitrogen and oxygen atoms in total. The number of nitrogens with one attached hydrogen (secondary N) is 1. The minimum Gasteiger partial charge on any atom is -0.370 e. The molecule has 1 N–H and O–H groups in total. The van der Waals surface area contributed by atoms with Crippen LogP contribution in [0.1, 0.15) is 24.2 Å². The highest BCUT2D eigenvalue weighted by Gasteiger charge is 2.17. The first-order valence-electron chi connectivity index (χ1n) is 9.91. The fraction of sp³-hybridized carbons (Fsp3) is 0.318. The van der Waals surface area contributed by atoms with Gasteiger partial charge in [-0.15, -0.1) is 10.2 Å². The minimum absolute atomic E-state index is 0.0337.